The van der Waals surface area contributed by atoms with Crippen molar-refractivity contribution in [2.24, 2.45) is 0 Å². The Morgan fingerprint density at radius 1 is 1.23 bits per heavy atom. The number of rotatable bonds is 6. The first-order valence-corrected chi connectivity index (χ1v) is 12.3. The van der Waals surface area contributed by atoms with Gasteiger partial charge in [0.2, 0.25) is 0 Å². The maximum Gasteiger partial charge on any atom is 0.410 e. The second-order valence-electron chi connectivity index (χ2n) is 9.79. The summed E-state index contributed by atoms with van der Waals surface area (Å²) < 4.78 is 17.6. The Hall–Kier alpha value is -4.83. The van der Waals surface area contributed by atoms with Gasteiger partial charge in [0.25, 0.3) is 0 Å². The molecule has 0 unspecified atom stereocenters. The second-order valence-corrected chi connectivity index (χ2v) is 9.79. The number of carbonyl (C=O) groups is 1. The first-order valence-electron chi connectivity index (χ1n) is 12.3. The van der Waals surface area contributed by atoms with Gasteiger partial charge in [0.1, 0.15) is 41.5 Å². The number of fused-ring (bicyclic) bond motifs is 1. The van der Waals surface area contributed by atoms with E-state index in [1.807, 2.05) is 39.0 Å². The number of hydrogen-bond donors (Lipinski definition) is 2. The lowest BCUT2D eigenvalue weighted by Crippen LogP contribution is -2.49. The van der Waals surface area contributed by atoms with Crippen molar-refractivity contribution in [1.82, 2.24) is 35.0 Å². The zero-order chi connectivity index (χ0) is 27.4. The molecule has 0 aliphatic carbocycles. The fraction of sp³-hybridized carbons (Fsp3) is 0.346. The third-order valence-electron chi connectivity index (χ3n) is 5.68. The van der Waals surface area contributed by atoms with Gasteiger partial charge in [-0.05, 0) is 32.9 Å². The highest BCUT2D eigenvalue weighted by molar-refractivity contribution is 5.93. The summed E-state index contributed by atoms with van der Waals surface area (Å²) in [5, 5.41) is 19.3. The topological polar surface area (TPSA) is 164 Å². The minimum atomic E-state index is -0.579. The lowest BCUT2D eigenvalue weighted by molar-refractivity contribution is -0.0556. The fourth-order valence-electron chi connectivity index (χ4n) is 3.96. The summed E-state index contributed by atoms with van der Waals surface area (Å²) in [7, 11) is 0. The molecule has 13 heteroatoms. The number of amides is 1. The standard InChI is InChI=1S/C26H27N9O4/c1-26(2,3)39-25(36)35-7-8-37-17(14-35)15-38-20-12-30-18-5-4-6-28-24(18)23(20)19-9-21(34-33-19)32-22-13-29-16(10-27)11-31-22/h4-6,9,11-13,17H,7-8,14-15H2,1-3H3,(H2,31,32,33,34)/t17-/m0/s1. The normalized spacial score (nSPS) is 15.5. The second kappa shape index (κ2) is 10.9. The van der Waals surface area contributed by atoms with Gasteiger partial charge < -0.3 is 24.4 Å². The van der Waals surface area contributed by atoms with E-state index >= 15 is 0 Å². The van der Waals surface area contributed by atoms with E-state index in [0.717, 1.165) is 0 Å². The average molecular weight is 530 g/mol. The predicted octanol–water partition coefficient (Wildman–Crippen LogP) is 3.44. The van der Waals surface area contributed by atoms with Crippen molar-refractivity contribution < 1.29 is 19.0 Å². The monoisotopic (exact) mass is 529 g/mol. The first-order chi connectivity index (χ1) is 18.8. The minimum Gasteiger partial charge on any atom is -0.488 e. The van der Waals surface area contributed by atoms with Crippen LogP contribution in [-0.2, 0) is 9.47 Å². The van der Waals surface area contributed by atoms with Crippen LogP contribution in [0, 0.1) is 11.3 Å². The number of carbonyl (C=O) groups excluding carboxylic acids is 1. The molecule has 13 nitrogen and oxygen atoms in total. The summed E-state index contributed by atoms with van der Waals surface area (Å²) in [4.78, 5) is 31.4. The van der Waals surface area contributed by atoms with Gasteiger partial charge in [-0.1, -0.05) is 0 Å². The molecule has 0 bridgehead atoms. The molecule has 1 aliphatic rings. The zero-order valence-electron chi connectivity index (χ0n) is 21.7. The van der Waals surface area contributed by atoms with E-state index in [-0.39, 0.29) is 24.5 Å². The summed E-state index contributed by atoms with van der Waals surface area (Å²) in [6.45, 7) is 6.87. The summed E-state index contributed by atoms with van der Waals surface area (Å²) in [5.41, 5.74) is 2.27. The van der Waals surface area contributed by atoms with Gasteiger partial charge in [0.15, 0.2) is 11.5 Å². The van der Waals surface area contributed by atoms with Crippen molar-refractivity contribution in [2.45, 2.75) is 32.5 Å². The molecule has 2 N–H and O–H groups in total. The number of morpholine rings is 1. The van der Waals surface area contributed by atoms with Gasteiger partial charge in [-0.25, -0.2) is 14.8 Å². The van der Waals surface area contributed by atoms with Crippen molar-refractivity contribution in [3.05, 3.63) is 48.7 Å². The molecule has 5 rings (SSSR count). The minimum absolute atomic E-state index is 0.187. The number of aromatic nitrogens is 6. The highest BCUT2D eigenvalue weighted by Gasteiger charge is 2.29. The summed E-state index contributed by atoms with van der Waals surface area (Å²) in [5.74, 6) is 1.40. The van der Waals surface area contributed by atoms with Gasteiger partial charge in [-0.2, -0.15) is 10.4 Å². The van der Waals surface area contributed by atoms with Crippen molar-refractivity contribution in [1.29, 1.82) is 5.26 Å². The average Bonchev–Trinajstić information content (AvgIpc) is 3.39. The molecular weight excluding hydrogens is 502 g/mol. The van der Waals surface area contributed by atoms with Gasteiger partial charge in [0.05, 0.1) is 48.5 Å². The molecule has 4 aromatic rings. The Bertz CT molecular complexity index is 1510. The van der Waals surface area contributed by atoms with Crippen LogP contribution in [0.15, 0.2) is 43.0 Å². The van der Waals surface area contributed by atoms with Crippen LogP contribution in [-0.4, -0.2) is 79.1 Å². The van der Waals surface area contributed by atoms with Crippen LogP contribution in [0.3, 0.4) is 0 Å². The number of hydrogen-bond acceptors (Lipinski definition) is 11. The molecule has 1 saturated heterocycles. The molecule has 1 fully saturated rings. The molecular formula is C26H27N9O4. The lowest BCUT2D eigenvalue weighted by atomic mass is 10.1. The van der Waals surface area contributed by atoms with E-state index in [0.29, 0.717) is 59.4 Å². The first kappa shape index (κ1) is 25.8. The van der Waals surface area contributed by atoms with E-state index in [1.165, 1.54) is 12.4 Å². The molecule has 200 valence electrons. The summed E-state index contributed by atoms with van der Waals surface area (Å²) in [6.07, 6.45) is 5.41. The maximum atomic E-state index is 12.5. The van der Waals surface area contributed by atoms with Gasteiger partial charge in [-0.3, -0.25) is 15.1 Å². The van der Waals surface area contributed by atoms with Crippen molar-refractivity contribution in [3.8, 4) is 23.1 Å². The Kier molecular flexibility index (Phi) is 7.20. The molecule has 1 aliphatic heterocycles. The molecule has 1 amide bonds. The smallest absolute Gasteiger partial charge is 0.410 e. The highest BCUT2D eigenvalue weighted by atomic mass is 16.6. The van der Waals surface area contributed by atoms with Crippen LogP contribution >= 0.6 is 0 Å². The number of ether oxygens (including phenoxy) is 3. The molecule has 0 saturated carbocycles. The third-order valence-corrected chi connectivity index (χ3v) is 5.68. The molecule has 0 spiro atoms. The zero-order valence-corrected chi connectivity index (χ0v) is 21.7. The fourth-order valence-corrected chi connectivity index (χ4v) is 3.96. The number of nitrogens with zero attached hydrogens (tertiary/aromatic N) is 7. The lowest BCUT2D eigenvalue weighted by Gasteiger charge is -2.34. The van der Waals surface area contributed by atoms with Crippen molar-refractivity contribution in [3.63, 3.8) is 0 Å². The van der Waals surface area contributed by atoms with Gasteiger partial charge in [0, 0.05) is 18.8 Å². The quantitative estimate of drug-likeness (QED) is 0.376. The van der Waals surface area contributed by atoms with Gasteiger partial charge in [-0.15, -0.1) is 0 Å². The van der Waals surface area contributed by atoms with E-state index in [4.69, 9.17) is 19.5 Å². The Morgan fingerprint density at radius 2 is 2.10 bits per heavy atom. The van der Waals surface area contributed by atoms with E-state index in [2.05, 4.69) is 35.5 Å². The van der Waals surface area contributed by atoms with E-state index < -0.39 is 5.60 Å². The Morgan fingerprint density at radius 3 is 2.87 bits per heavy atom. The highest BCUT2D eigenvalue weighted by Crippen LogP contribution is 2.35. The van der Waals surface area contributed by atoms with Crippen LogP contribution in [0.2, 0.25) is 0 Å². The van der Waals surface area contributed by atoms with Crippen LogP contribution < -0.4 is 10.1 Å². The molecule has 4 aromatic heterocycles. The van der Waals surface area contributed by atoms with Crippen LogP contribution in [0.5, 0.6) is 5.75 Å². The Labute approximate surface area is 224 Å². The van der Waals surface area contributed by atoms with Crippen LogP contribution in [0.1, 0.15) is 26.5 Å². The van der Waals surface area contributed by atoms with Gasteiger partial charge >= 0.3 is 6.09 Å². The van der Waals surface area contributed by atoms with Crippen molar-refractivity contribution in [2.75, 3.05) is 31.6 Å². The van der Waals surface area contributed by atoms with Crippen molar-refractivity contribution >= 4 is 28.8 Å². The summed E-state index contributed by atoms with van der Waals surface area (Å²) in [6, 6.07) is 7.40. The number of H-pyrrole nitrogens is 1. The molecule has 0 aromatic carbocycles. The van der Waals surface area contributed by atoms with E-state index in [9.17, 15) is 4.79 Å². The maximum absolute atomic E-state index is 12.5. The van der Waals surface area contributed by atoms with Crippen LogP contribution in [0.25, 0.3) is 22.3 Å². The molecule has 0 radical (unpaired) electrons. The van der Waals surface area contributed by atoms with E-state index in [1.54, 1.807) is 23.4 Å². The number of nitrogens with one attached hydrogen (secondary N) is 2. The largest absolute Gasteiger partial charge is 0.488 e. The predicted molar refractivity (Wildman–Crippen MR) is 140 cm³/mol. The Balaban J connectivity index is 1.35. The number of pyridine rings is 2. The molecule has 5 heterocycles. The summed E-state index contributed by atoms with van der Waals surface area (Å²) >= 11 is 0. The van der Waals surface area contributed by atoms with Crippen LogP contribution in [0.4, 0.5) is 16.4 Å². The molecule has 1 atom stereocenters. The number of aromatic amines is 1. The number of anilines is 2. The SMILES string of the molecule is CC(C)(C)OC(=O)N1CCO[C@H](COc2cnc3cccnc3c2-c2cc(Nc3cnc(C#N)cn3)n[nH]2)C1. The number of nitriles is 1. The molecule has 39 heavy (non-hydrogen) atoms. The third kappa shape index (κ3) is 6.19.